The summed E-state index contributed by atoms with van der Waals surface area (Å²) in [6.07, 6.45) is 5.08. The highest BCUT2D eigenvalue weighted by atomic mass is 16.1. The molecule has 1 aliphatic carbocycles. The number of nitrogens with one attached hydrogen (secondary N) is 2. The van der Waals surface area contributed by atoms with Gasteiger partial charge in [-0.2, -0.15) is 10.2 Å². The standard InChI is InChI=1S/C17H25N5O/c1-4-22-12(3)13(11(2)21-22)9-10-18-17(23)16-14-7-5-6-8-15(14)19-20-16/h4-10H2,1-3H3,(H,18,23)(H,19,20). The van der Waals surface area contributed by atoms with Crippen LogP contribution in [0.3, 0.4) is 0 Å². The van der Waals surface area contributed by atoms with Crippen molar-refractivity contribution in [2.45, 2.75) is 59.4 Å². The first-order valence-electron chi connectivity index (χ1n) is 8.49. The number of H-pyrrole nitrogens is 1. The van der Waals surface area contributed by atoms with E-state index in [0.29, 0.717) is 12.2 Å². The molecule has 6 heteroatoms. The molecule has 2 aromatic heterocycles. The van der Waals surface area contributed by atoms with Crippen LogP contribution in [0.4, 0.5) is 0 Å². The van der Waals surface area contributed by atoms with E-state index in [-0.39, 0.29) is 5.91 Å². The van der Waals surface area contributed by atoms with Gasteiger partial charge in [0.05, 0.1) is 5.69 Å². The molecule has 3 rings (SSSR count). The van der Waals surface area contributed by atoms with E-state index in [9.17, 15) is 4.79 Å². The van der Waals surface area contributed by atoms with Crippen LogP contribution in [0.1, 0.15) is 58.5 Å². The van der Waals surface area contributed by atoms with Crippen LogP contribution in [0.15, 0.2) is 0 Å². The maximum Gasteiger partial charge on any atom is 0.272 e. The van der Waals surface area contributed by atoms with Crippen LogP contribution >= 0.6 is 0 Å². The minimum absolute atomic E-state index is 0.0670. The van der Waals surface area contributed by atoms with Gasteiger partial charge in [0.2, 0.25) is 0 Å². The quantitative estimate of drug-likeness (QED) is 0.887. The Morgan fingerprint density at radius 3 is 2.83 bits per heavy atom. The molecule has 0 saturated carbocycles. The monoisotopic (exact) mass is 315 g/mol. The second kappa shape index (κ2) is 6.56. The Bertz CT molecular complexity index is 713. The second-order valence-electron chi connectivity index (χ2n) is 6.21. The van der Waals surface area contributed by atoms with Gasteiger partial charge in [0.25, 0.3) is 5.91 Å². The zero-order chi connectivity index (χ0) is 16.4. The third kappa shape index (κ3) is 3.02. The van der Waals surface area contributed by atoms with Crippen LogP contribution in [0, 0.1) is 13.8 Å². The lowest BCUT2D eigenvalue weighted by Crippen LogP contribution is -2.27. The Labute approximate surface area is 136 Å². The minimum Gasteiger partial charge on any atom is -0.350 e. The summed E-state index contributed by atoms with van der Waals surface area (Å²) < 4.78 is 2.01. The number of carbonyl (C=O) groups is 1. The predicted octanol–water partition coefficient (Wildman–Crippen LogP) is 2.09. The van der Waals surface area contributed by atoms with E-state index in [2.05, 4.69) is 34.5 Å². The number of hydrogen-bond acceptors (Lipinski definition) is 3. The molecule has 1 aliphatic rings. The van der Waals surface area contributed by atoms with Gasteiger partial charge in [0.1, 0.15) is 0 Å². The lowest BCUT2D eigenvalue weighted by Gasteiger charge is -2.11. The Hall–Kier alpha value is -2.11. The van der Waals surface area contributed by atoms with Crippen molar-refractivity contribution >= 4 is 5.91 Å². The van der Waals surface area contributed by atoms with Gasteiger partial charge in [-0.05, 0) is 58.4 Å². The molecule has 0 spiro atoms. The number of amides is 1. The van der Waals surface area contributed by atoms with E-state index >= 15 is 0 Å². The molecule has 0 saturated heterocycles. The number of carbonyl (C=O) groups excluding carboxylic acids is 1. The summed E-state index contributed by atoms with van der Waals surface area (Å²) in [7, 11) is 0. The molecular formula is C17H25N5O. The van der Waals surface area contributed by atoms with Crippen molar-refractivity contribution in [3.05, 3.63) is 33.9 Å². The molecule has 2 aromatic rings. The van der Waals surface area contributed by atoms with Crippen molar-refractivity contribution in [3.8, 4) is 0 Å². The molecule has 0 fully saturated rings. The molecule has 0 atom stereocenters. The SMILES string of the molecule is CCn1nc(C)c(CCNC(=O)c2n[nH]c3c2CCCC3)c1C. The number of aromatic nitrogens is 4. The van der Waals surface area contributed by atoms with Gasteiger partial charge < -0.3 is 5.32 Å². The van der Waals surface area contributed by atoms with E-state index in [0.717, 1.165) is 49.2 Å². The zero-order valence-corrected chi connectivity index (χ0v) is 14.2. The molecular weight excluding hydrogens is 290 g/mol. The van der Waals surface area contributed by atoms with Crippen molar-refractivity contribution < 1.29 is 4.79 Å². The first-order valence-corrected chi connectivity index (χ1v) is 8.49. The largest absolute Gasteiger partial charge is 0.350 e. The highest BCUT2D eigenvalue weighted by molar-refractivity contribution is 5.94. The van der Waals surface area contributed by atoms with Crippen LogP contribution in [-0.2, 0) is 25.8 Å². The number of aryl methyl sites for hydroxylation is 3. The summed E-state index contributed by atoms with van der Waals surface area (Å²) >= 11 is 0. The van der Waals surface area contributed by atoms with Crippen LogP contribution < -0.4 is 5.32 Å². The van der Waals surface area contributed by atoms with Crippen molar-refractivity contribution in [1.82, 2.24) is 25.3 Å². The molecule has 0 aromatic carbocycles. The fourth-order valence-electron chi connectivity index (χ4n) is 3.46. The molecule has 0 aliphatic heterocycles. The molecule has 6 nitrogen and oxygen atoms in total. The van der Waals surface area contributed by atoms with Crippen molar-refractivity contribution in [2.75, 3.05) is 6.54 Å². The van der Waals surface area contributed by atoms with E-state index in [1.54, 1.807) is 0 Å². The normalized spacial score (nSPS) is 13.9. The van der Waals surface area contributed by atoms with Crippen molar-refractivity contribution in [1.29, 1.82) is 0 Å². The van der Waals surface area contributed by atoms with Gasteiger partial charge in [0, 0.05) is 30.0 Å². The van der Waals surface area contributed by atoms with E-state index in [1.807, 2.05) is 11.6 Å². The lowest BCUT2D eigenvalue weighted by molar-refractivity contribution is 0.0948. The van der Waals surface area contributed by atoms with Gasteiger partial charge in [-0.3, -0.25) is 14.6 Å². The summed E-state index contributed by atoms with van der Waals surface area (Å²) in [4.78, 5) is 12.4. The number of rotatable bonds is 5. The molecule has 1 amide bonds. The Balaban J connectivity index is 1.62. The molecule has 0 unspecified atom stereocenters. The summed E-state index contributed by atoms with van der Waals surface area (Å²) in [5.41, 5.74) is 6.30. The third-order valence-corrected chi connectivity index (χ3v) is 4.76. The molecule has 124 valence electrons. The van der Waals surface area contributed by atoms with Crippen LogP contribution in [0.5, 0.6) is 0 Å². The van der Waals surface area contributed by atoms with Crippen molar-refractivity contribution in [3.63, 3.8) is 0 Å². The van der Waals surface area contributed by atoms with E-state index < -0.39 is 0 Å². The third-order valence-electron chi connectivity index (χ3n) is 4.76. The summed E-state index contributed by atoms with van der Waals surface area (Å²) in [6, 6.07) is 0. The highest BCUT2D eigenvalue weighted by Gasteiger charge is 2.21. The number of aromatic amines is 1. The average Bonchev–Trinajstić information content (AvgIpc) is 3.10. The lowest BCUT2D eigenvalue weighted by atomic mass is 9.96. The molecule has 0 radical (unpaired) electrons. The Kier molecular flexibility index (Phi) is 4.50. The van der Waals surface area contributed by atoms with Gasteiger partial charge in [0.15, 0.2) is 5.69 Å². The fourth-order valence-corrected chi connectivity index (χ4v) is 3.46. The van der Waals surface area contributed by atoms with Gasteiger partial charge in [-0.25, -0.2) is 0 Å². The second-order valence-corrected chi connectivity index (χ2v) is 6.21. The van der Waals surface area contributed by atoms with E-state index in [1.165, 1.54) is 17.7 Å². The van der Waals surface area contributed by atoms with Gasteiger partial charge >= 0.3 is 0 Å². The molecule has 2 heterocycles. The first-order chi connectivity index (χ1) is 11.1. The van der Waals surface area contributed by atoms with E-state index in [4.69, 9.17) is 0 Å². The summed E-state index contributed by atoms with van der Waals surface area (Å²) in [5, 5.41) is 14.8. The number of fused-ring (bicyclic) bond motifs is 1. The minimum atomic E-state index is -0.0670. The molecule has 0 bridgehead atoms. The summed E-state index contributed by atoms with van der Waals surface area (Å²) in [5.74, 6) is -0.0670. The van der Waals surface area contributed by atoms with Crippen LogP contribution in [0.25, 0.3) is 0 Å². The average molecular weight is 315 g/mol. The Morgan fingerprint density at radius 1 is 1.30 bits per heavy atom. The zero-order valence-electron chi connectivity index (χ0n) is 14.2. The molecule has 2 N–H and O–H groups in total. The maximum absolute atomic E-state index is 12.4. The van der Waals surface area contributed by atoms with Crippen LogP contribution in [-0.4, -0.2) is 32.4 Å². The summed E-state index contributed by atoms with van der Waals surface area (Å²) in [6.45, 7) is 7.69. The van der Waals surface area contributed by atoms with Crippen molar-refractivity contribution in [2.24, 2.45) is 0 Å². The van der Waals surface area contributed by atoms with Gasteiger partial charge in [-0.1, -0.05) is 0 Å². The molecule has 23 heavy (non-hydrogen) atoms. The van der Waals surface area contributed by atoms with Gasteiger partial charge in [-0.15, -0.1) is 0 Å². The highest BCUT2D eigenvalue weighted by Crippen LogP contribution is 2.22. The maximum atomic E-state index is 12.4. The fraction of sp³-hybridized carbons (Fsp3) is 0.588. The smallest absolute Gasteiger partial charge is 0.272 e. The Morgan fingerprint density at radius 2 is 2.09 bits per heavy atom. The number of hydrogen-bond donors (Lipinski definition) is 2. The van der Waals surface area contributed by atoms with Crippen LogP contribution in [0.2, 0.25) is 0 Å². The topological polar surface area (TPSA) is 75.6 Å². The number of nitrogens with zero attached hydrogens (tertiary/aromatic N) is 3. The first kappa shape index (κ1) is 15.8. The predicted molar refractivity (Wildman–Crippen MR) is 88.6 cm³/mol.